The molecule has 17 N–H and O–H groups in total. The Balaban J connectivity index is 0.000000110. The van der Waals surface area contributed by atoms with Crippen molar-refractivity contribution in [1.82, 2.24) is 139 Å². The fraction of sp³-hybridized carbons (Fsp3) is 0.143. The standard InChI is InChI=1S/2C14H13N7.C14H15N5.2C12H10ClN5O.C11H11N5OS/c1-7-9-5-8(3-4-10(9)19-18-7)12-11-13(15)16-6-17-14(11)21(2)20-12;1-7-18-9-4-3-8(5-10(9)19-7)12-11-13(15)16-6-17-14(11)21(2)20-12;1-8-4-5-10(6-9(8)2)12-11-13(15)16-7-17-14(11)19(3)18-12;1-18-12-9(11(14)15-5-16-12)10(17-18)7-4-6(19)2-3-8(7)13;1-18-12-9(11(14)15-5-16-12)10(17-18)6-2-3-7(13)8(19)4-6;1-16-11-8(10(12)13-5-14-11)9(15-16)6-2-7(3-17)18-4-6/h2*3-6H,1-2H3,(H,18,19)(H2,15,16,17);4-7H,1-3H3,(H2,15,16,17);2*2-5,19H,1H3,(H2,14,15,16);2,4-5,17H,3H2,1H3,(H2,12,13,14). The number of aromatic nitrogens is 28. The Labute approximate surface area is 675 Å². The van der Waals surface area contributed by atoms with Crippen LogP contribution in [0.4, 0.5) is 34.9 Å². The number of aliphatic hydroxyl groups excluding tert-OH is 1. The summed E-state index contributed by atoms with van der Waals surface area (Å²) in [6.07, 6.45) is 8.56. The van der Waals surface area contributed by atoms with Crippen molar-refractivity contribution in [3.8, 4) is 79.0 Å². The second-order valence-corrected chi connectivity index (χ2v) is 28.6. The molecule has 0 saturated carbocycles. The fourth-order valence-electron chi connectivity index (χ4n) is 13.3. The van der Waals surface area contributed by atoms with Gasteiger partial charge >= 0.3 is 0 Å². The fourth-order valence-corrected chi connectivity index (χ4v) is 14.3. The van der Waals surface area contributed by atoms with E-state index >= 15 is 0 Å². The smallest absolute Gasteiger partial charge is 0.163 e. The number of aromatic amines is 2. The molecule has 0 spiro atoms. The number of nitrogens with zero attached hydrogens (tertiary/aromatic N) is 26. The largest absolute Gasteiger partial charge is 0.508 e. The Morgan fingerprint density at radius 2 is 0.769 bits per heavy atom. The van der Waals surface area contributed by atoms with Gasteiger partial charge in [-0.15, -0.1) is 11.3 Å². The SMILES string of the molecule is Cc1[nH]nc2ccc(-c3nn(C)c4ncnc(N)c34)cc12.Cc1ccc(-c2nn(C)c3ncnc(N)c23)cc1C.Cc1nc2ccc(-c3nn(C)c4ncnc(N)c34)cc2[nH]1.Cn1nc(-c2cc(O)ccc2Cl)c2c(N)ncnc21.Cn1nc(-c2ccc(Cl)c(O)c2)c2c(N)ncnc21.Cn1nc(-c2csc(CO)c2)c2c(N)ncnc21. The van der Waals surface area contributed by atoms with E-state index < -0.39 is 0 Å². The molecule has 0 aliphatic heterocycles. The van der Waals surface area contributed by atoms with Gasteiger partial charge in [0.15, 0.2) is 33.9 Å². The molecule has 117 heavy (non-hydrogen) atoms. The third-order valence-corrected chi connectivity index (χ3v) is 20.6. The van der Waals surface area contributed by atoms with Crippen molar-refractivity contribution < 1.29 is 15.3 Å². The first-order valence-corrected chi connectivity index (χ1v) is 37.1. The first-order chi connectivity index (χ1) is 56.2. The number of aryl methyl sites for hydroxylation is 10. The maximum atomic E-state index is 9.68. The van der Waals surface area contributed by atoms with Gasteiger partial charge in [-0.2, -0.15) is 35.7 Å². The van der Waals surface area contributed by atoms with Gasteiger partial charge in [-0.1, -0.05) is 53.5 Å². The van der Waals surface area contributed by atoms with E-state index in [4.69, 9.17) is 62.7 Å². The summed E-state index contributed by atoms with van der Waals surface area (Å²) in [4.78, 5) is 57.9. The molecular formula is C77H72Cl2N34O3S. The number of anilines is 6. The molecule has 5 aromatic carbocycles. The van der Waals surface area contributed by atoms with Gasteiger partial charge in [-0.3, -0.25) is 5.10 Å². The van der Waals surface area contributed by atoms with Crippen molar-refractivity contribution in [3.05, 3.63) is 178 Å². The lowest BCUT2D eigenvalue weighted by molar-refractivity contribution is 0.285. The second-order valence-electron chi connectivity index (χ2n) is 26.8. The number of hydrogen-bond acceptors (Lipinski definition) is 30. The van der Waals surface area contributed by atoms with Crippen LogP contribution in [0, 0.1) is 27.7 Å². The number of benzene rings is 5. The Bertz CT molecular complexity index is 7070. The highest BCUT2D eigenvalue weighted by atomic mass is 35.5. The third-order valence-electron chi connectivity index (χ3n) is 19.1. The molecule has 0 aliphatic rings. The number of aliphatic hydroxyl groups is 1. The molecule has 0 atom stereocenters. The summed E-state index contributed by atoms with van der Waals surface area (Å²) in [5.41, 5.74) is 55.6. The first kappa shape index (κ1) is 77.3. The number of nitrogens with one attached hydrogen (secondary N) is 2. The summed E-state index contributed by atoms with van der Waals surface area (Å²) in [7, 11) is 10.9. The average molecular weight is 1620 g/mol. The molecule has 20 rings (SSSR count). The molecule has 0 amide bonds. The number of nitrogens with two attached hydrogens (primary N) is 6. The molecule has 15 heterocycles. The minimum absolute atomic E-state index is 0.00612. The predicted octanol–water partition coefficient (Wildman–Crippen LogP) is 10.9. The zero-order valence-corrected chi connectivity index (χ0v) is 66.4. The monoisotopic (exact) mass is 1620 g/mol. The number of halogens is 2. The van der Waals surface area contributed by atoms with Gasteiger partial charge in [-0.25, -0.2) is 92.9 Å². The molecule has 0 unspecified atom stereocenters. The quantitative estimate of drug-likeness (QED) is 0.0706. The highest BCUT2D eigenvalue weighted by Crippen LogP contribution is 2.40. The molecule has 0 bridgehead atoms. The van der Waals surface area contributed by atoms with E-state index in [1.54, 1.807) is 60.4 Å². The summed E-state index contributed by atoms with van der Waals surface area (Å²) in [5.74, 6) is 3.41. The van der Waals surface area contributed by atoms with Crippen LogP contribution in [-0.4, -0.2) is 154 Å². The van der Waals surface area contributed by atoms with Crippen molar-refractivity contribution in [3.63, 3.8) is 0 Å². The number of imidazole rings is 1. The van der Waals surface area contributed by atoms with Crippen LogP contribution in [-0.2, 0) is 48.9 Å². The zero-order chi connectivity index (χ0) is 82.5. The molecular weight excluding hydrogens is 1550 g/mol. The molecule has 0 fully saturated rings. The lowest BCUT2D eigenvalue weighted by atomic mass is 10.0. The van der Waals surface area contributed by atoms with Crippen molar-refractivity contribution in [1.29, 1.82) is 0 Å². The van der Waals surface area contributed by atoms with Crippen LogP contribution < -0.4 is 34.4 Å². The van der Waals surface area contributed by atoms with Crippen molar-refractivity contribution in [2.24, 2.45) is 42.3 Å². The van der Waals surface area contributed by atoms with Crippen molar-refractivity contribution >= 4 is 158 Å². The zero-order valence-electron chi connectivity index (χ0n) is 64.1. The van der Waals surface area contributed by atoms with Crippen LogP contribution in [0.2, 0.25) is 10.0 Å². The van der Waals surface area contributed by atoms with Gasteiger partial charge in [0.25, 0.3) is 0 Å². The summed E-state index contributed by atoms with van der Waals surface area (Å²) >= 11 is 13.4. The average Bonchev–Trinajstić information content (AvgIpc) is 1.65. The second kappa shape index (κ2) is 31.5. The topological polar surface area (TPSA) is 536 Å². The maximum absolute atomic E-state index is 9.68. The Morgan fingerprint density at radius 1 is 0.393 bits per heavy atom. The third kappa shape index (κ3) is 14.9. The Hall–Kier alpha value is -15.0. The lowest BCUT2D eigenvalue weighted by Crippen LogP contribution is -1.95. The number of fused-ring (bicyclic) bond motifs is 8. The van der Waals surface area contributed by atoms with E-state index in [0.29, 0.717) is 90.2 Å². The van der Waals surface area contributed by atoms with Crippen LogP contribution in [0.5, 0.6) is 11.5 Å². The Morgan fingerprint density at radius 3 is 1.20 bits per heavy atom. The number of H-pyrrole nitrogens is 2. The van der Waals surface area contributed by atoms with Crippen LogP contribution >= 0.6 is 34.5 Å². The molecule has 0 saturated heterocycles. The van der Waals surface area contributed by atoms with Crippen LogP contribution in [0.15, 0.2) is 140 Å². The first-order valence-electron chi connectivity index (χ1n) is 35.5. The number of phenolic OH excluding ortho intramolecular Hbond substituents is 2. The molecule has 40 heteroatoms. The highest BCUT2D eigenvalue weighted by Gasteiger charge is 2.24. The van der Waals surface area contributed by atoms with Crippen LogP contribution in [0.25, 0.3) is 156 Å². The normalized spacial score (nSPS) is 11.3. The van der Waals surface area contributed by atoms with E-state index in [9.17, 15) is 10.2 Å². The van der Waals surface area contributed by atoms with Gasteiger partial charge in [0, 0.05) is 97.0 Å². The summed E-state index contributed by atoms with van der Waals surface area (Å²) < 4.78 is 10.1. The molecule has 15 aromatic heterocycles. The number of aromatic hydroxyl groups is 2. The molecule has 0 aliphatic carbocycles. The van der Waals surface area contributed by atoms with Gasteiger partial charge in [0.2, 0.25) is 0 Å². The summed E-state index contributed by atoms with van der Waals surface area (Å²) in [6.45, 7) is 8.13. The molecule has 37 nitrogen and oxygen atoms in total. The highest BCUT2D eigenvalue weighted by molar-refractivity contribution is 7.10. The van der Waals surface area contributed by atoms with Crippen LogP contribution in [0.1, 0.15) is 27.5 Å². The van der Waals surface area contributed by atoms with E-state index in [1.807, 2.05) is 83.8 Å². The van der Waals surface area contributed by atoms with Gasteiger partial charge in [0.1, 0.15) is 124 Å². The van der Waals surface area contributed by atoms with E-state index in [2.05, 4.69) is 149 Å². The molecule has 20 aromatic rings. The predicted molar refractivity (Wildman–Crippen MR) is 452 cm³/mol. The van der Waals surface area contributed by atoms with Gasteiger partial charge in [-0.05, 0) is 106 Å². The van der Waals surface area contributed by atoms with E-state index in [-0.39, 0.29) is 23.1 Å². The summed E-state index contributed by atoms with van der Waals surface area (Å²) in [6, 6.07) is 29.7. The van der Waals surface area contributed by atoms with Gasteiger partial charge < -0.3 is 54.7 Å². The van der Waals surface area contributed by atoms with Crippen molar-refractivity contribution in [2.75, 3.05) is 34.4 Å². The Kier molecular flexibility index (Phi) is 20.8. The number of hydrogen-bond donors (Lipinski definition) is 11. The number of phenols is 2. The number of thiophene rings is 1. The lowest BCUT2D eigenvalue weighted by Gasteiger charge is -2.03. The van der Waals surface area contributed by atoms with E-state index in [1.165, 1.54) is 78.6 Å². The number of nitrogen functional groups attached to an aromatic ring is 6. The minimum atomic E-state index is -0.00612. The van der Waals surface area contributed by atoms with Gasteiger partial charge in [0.05, 0.1) is 65.5 Å². The van der Waals surface area contributed by atoms with Crippen LogP contribution in [0.3, 0.4) is 0 Å². The minimum Gasteiger partial charge on any atom is -0.508 e. The number of rotatable bonds is 7. The summed E-state index contributed by atoms with van der Waals surface area (Å²) in [5, 5.41) is 70.5. The molecule has 0 radical (unpaired) electrons. The van der Waals surface area contributed by atoms with E-state index in [0.717, 1.165) is 122 Å². The maximum Gasteiger partial charge on any atom is 0.163 e. The van der Waals surface area contributed by atoms with Crippen molar-refractivity contribution in [2.45, 2.75) is 34.3 Å². The molecule has 588 valence electrons.